The van der Waals surface area contributed by atoms with Crippen LogP contribution >= 0.6 is 11.6 Å². The van der Waals surface area contributed by atoms with Crippen molar-refractivity contribution < 1.29 is 28.7 Å². The van der Waals surface area contributed by atoms with Crippen molar-refractivity contribution in [1.29, 1.82) is 0 Å². The number of unbranched alkanes of at least 4 members (excludes halogenated alkanes) is 2. The number of halogens is 1. The number of Topliss-reactive ketones (excluding diaryl/α,β-unsaturated/α-hetero) is 2. The summed E-state index contributed by atoms with van der Waals surface area (Å²) in [6, 6.07) is 6.35. The zero-order chi connectivity index (χ0) is 25.5. The van der Waals surface area contributed by atoms with E-state index in [9.17, 15) is 19.2 Å². The average Bonchev–Trinajstić information content (AvgIpc) is 3.19. The molecule has 1 aromatic rings. The highest BCUT2D eigenvalue weighted by Gasteiger charge is 2.38. The summed E-state index contributed by atoms with van der Waals surface area (Å²) in [6.45, 7) is 4.69. The summed E-state index contributed by atoms with van der Waals surface area (Å²) in [7, 11) is 0. The molecule has 0 radical (unpaired) electrons. The number of ether oxygens (including phenoxy) is 2. The Morgan fingerprint density at radius 3 is 2.20 bits per heavy atom. The van der Waals surface area contributed by atoms with Gasteiger partial charge in [0.15, 0.2) is 0 Å². The van der Waals surface area contributed by atoms with Gasteiger partial charge in [0.1, 0.15) is 11.8 Å². The predicted molar refractivity (Wildman–Crippen MR) is 133 cm³/mol. The maximum atomic E-state index is 12.6. The first-order valence-electron chi connectivity index (χ1n) is 12.4. The largest absolute Gasteiger partial charge is 0.381 e. The Morgan fingerprint density at radius 1 is 0.971 bits per heavy atom. The van der Waals surface area contributed by atoms with E-state index in [1.165, 1.54) is 4.90 Å². The highest BCUT2D eigenvalue weighted by molar-refractivity contribution is 6.38. The molecule has 194 valence electrons. The summed E-state index contributed by atoms with van der Waals surface area (Å²) in [4.78, 5) is 49.6. The van der Waals surface area contributed by atoms with E-state index in [-0.39, 0.29) is 24.7 Å². The van der Waals surface area contributed by atoms with Crippen molar-refractivity contribution >= 4 is 35.0 Å². The molecule has 0 saturated carbocycles. The van der Waals surface area contributed by atoms with E-state index in [4.69, 9.17) is 21.1 Å². The summed E-state index contributed by atoms with van der Waals surface area (Å²) < 4.78 is 11.1. The lowest BCUT2D eigenvalue weighted by Crippen LogP contribution is -2.45. The molecule has 1 N–H and O–H groups in total. The first-order chi connectivity index (χ1) is 16.9. The molecule has 1 atom stereocenters. The molecule has 1 unspecified atom stereocenters. The van der Waals surface area contributed by atoms with E-state index in [1.54, 1.807) is 31.2 Å². The smallest absolute Gasteiger partial charge is 0.289 e. The molecule has 1 heterocycles. The first kappa shape index (κ1) is 28.9. The summed E-state index contributed by atoms with van der Waals surface area (Å²) in [5.74, 6) is -1.15. The summed E-state index contributed by atoms with van der Waals surface area (Å²) in [5, 5.41) is 3.24. The Hall–Kier alpha value is -2.29. The van der Waals surface area contributed by atoms with E-state index in [1.807, 2.05) is 0 Å². The molecule has 0 bridgehead atoms. The lowest BCUT2D eigenvalue weighted by Gasteiger charge is -2.23. The van der Waals surface area contributed by atoms with Crippen LogP contribution in [0.3, 0.4) is 0 Å². The fraction of sp³-hybridized carbons (Fsp3) is 0.615. The van der Waals surface area contributed by atoms with Crippen LogP contribution in [0.15, 0.2) is 24.3 Å². The van der Waals surface area contributed by atoms with Gasteiger partial charge in [-0.15, -0.1) is 0 Å². The summed E-state index contributed by atoms with van der Waals surface area (Å²) >= 11 is 5.90. The molecule has 1 saturated heterocycles. The van der Waals surface area contributed by atoms with Crippen molar-refractivity contribution in [3.8, 4) is 0 Å². The van der Waals surface area contributed by atoms with E-state index < -0.39 is 17.7 Å². The monoisotopic (exact) mass is 508 g/mol. The number of carbonyl (C=O) groups excluding carboxylic acids is 4. The van der Waals surface area contributed by atoms with Crippen LogP contribution in [0.4, 0.5) is 0 Å². The second-order valence-corrected chi connectivity index (χ2v) is 9.20. The van der Waals surface area contributed by atoms with Gasteiger partial charge in [0.2, 0.25) is 11.7 Å². The van der Waals surface area contributed by atoms with Crippen molar-refractivity contribution in [2.45, 2.75) is 70.9 Å². The second-order valence-electron chi connectivity index (χ2n) is 8.77. The van der Waals surface area contributed by atoms with Crippen LogP contribution in [0.1, 0.15) is 63.9 Å². The van der Waals surface area contributed by atoms with Gasteiger partial charge in [0, 0.05) is 57.4 Å². The van der Waals surface area contributed by atoms with Crippen LogP contribution in [0.5, 0.6) is 0 Å². The zero-order valence-electron chi connectivity index (χ0n) is 20.6. The van der Waals surface area contributed by atoms with E-state index in [0.717, 1.165) is 31.2 Å². The molecule has 1 aliphatic rings. The van der Waals surface area contributed by atoms with Crippen molar-refractivity contribution in [2.75, 3.05) is 33.0 Å². The third-order valence-electron chi connectivity index (χ3n) is 5.77. The number of nitrogens with zero attached hydrogens (tertiary/aromatic N) is 1. The maximum Gasteiger partial charge on any atom is 0.289 e. The molecule has 1 aliphatic heterocycles. The molecule has 0 spiro atoms. The molecular weight excluding hydrogens is 472 g/mol. The minimum Gasteiger partial charge on any atom is -0.381 e. The number of ketones is 2. The van der Waals surface area contributed by atoms with Gasteiger partial charge >= 0.3 is 0 Å². The number of amides is 2. The fourth-order valence-corrected chi connectivity index (χ4v) is 3.92. The van der Waals surface area contributed by atoms with Gasteiger partial charge in [-0.1, -0.05) is 23.7 Å². The summed E-state index contributed by atoms with van der Waals surface area (Å²) in [5.41, 5.74) is 0.858. The Balaban J connectivity index is 1.53. The first-order valence-corrected chi connectivity index (χ1v) is 12.8. The Morgan fingerprint density at radius 2 is 1.57 bits per heavy atom. The lowest BCUT2D eigenvalue weighted by molar-refractivity contribution is -0.143. The van der Waals surface area contributed by atoms with Gasteiger partial charge in [-0.2, -0.15) is 0 Å². The molecule has 2 rings (SSSR count). The van der Waals surface area contributed by atoms with Gasteiger partial charge in [0.05, 0.1) is 0 Å². The minimum absolute atomic E-state index is 0.127. The van der Waals surface area contributed by atoms with Crippen LogP contribution in [-0.2, 0) is 35.2 Å². The minimum atomic E-state index is -0.731. The van der Waals surface area contributed by atoms with Gasteiger partial charge in [0.25, 0.3) is 5.91 Å². The highest BCUT2D eigenvalue weighted by Crippen LogP contribution is 2.23. The third-order valence-corrected chi connectivity index (χ3v) is 6.02. The number of hydrogen-bond acceptors (Lipinski definition) is 6. The van der Waals surface area contributed by atoms with Crippen LogP contribution in [0.25, 0.3) is 0 Å². The van der Waals surface area contributed by atoms with Crippen molar-refractivity contribution in [3.63, 3.8) is 0 Å². The number of carbonyl (C=O) groups is 4. The zero-order valence-corrected chi connectivity index (χ0v) is 21.3. The SMILES string of the molecule is CC(=O)CCCCOCCCCOCCCNC(=O)C(=O)C1CCC(=O)N1Cc1ccc(Cl)cc1. The van der Waals surface area contributed by atoms with Crippen LogP contribution in [0, 0.1) is 0 Å². The molecule has 1 fully saturated rings. The van der Waals surface area contributed by atoms with Crippen LogP contribution in [0.2, 0.25) is 5.02 Å². The number of benzene rings is 1. The molecule has 1 aromatic carbocycles. The molecule has 2 amide bonds. The Labute approximate surface area is 212 Å². The van der Waals surface area contributed by atoms with Crippen molar-refractivity contribution in [3.05, 3.63) is 34.9 Å². The van der Waals surface area contributed by atoms with Crippen LogP contribution < -0.4 is 5.32 Å². The highest BCUT2D eigenvalue weighted by atomic mass is 35.5. The quantitative estimate of drug-likeness (QED) is 0.240. The predicted octanol–water partition coefficient (Wildman–Crippen LogP) is 3.48. The number of hydrogen-bond donors (Lipinski definition) is 1. The molecule has 35 heavy (non-hydrogen) atoms. The van der Waals surface area contributed by atoms with Gasteiger partial charge < -0.3 is 24.5 Å². The molecule has 0 aromatic heterocycles. The Kier molecular flexibility index (Phi) is 13.6. The lowest BCUT2D eigenvalue weighted by atomic mass is 10.1. The normalized spacial score (nSPS) is 15.4. The Bertz CT molecular complexity index is 830. The topological polar surface area (TPSA) is 102 Å². The molecule has 8 nitrogen and oxygen atoms in total. The molecule has 9 heteroatoms. The maximum absolute atomic E-state index is 12.6. The summed E-state index contributed by atoms with van der Waals surface area (Å²) in [6.07, 6.45) is 5.41. The van der Waals surface area contributed by atoms with E-state index >= 15 is 0 Å². The average molecular weight is 509 g/mol. The van der Waals surface area contributed by atoms with Crippen molar-refractivity contribution in [1.82, 2.24) is 10.2 Å². The third kappa shape index (κ3) is 11.3. The van der Waals surface area contributed by atoms with Gasteiger partial charge in [-0.3, -0.25) is 14.4 Å². The van der Waals surface area contributed by atoms with Gasteiger partial charge in [-0.25, -0.2) is 0 Å². The van der Waals surface area contributed by atoms with E-state index in [2.05, 4.69) is 5.32 Å². The number of nitrogens with one attached hydrogen (secondary N) is 1. The van der Waals surface area contributed by atoms with Crippen LogP contribution in [-0.4, -0.2) is 67.3 Å². The van der Waals surface area contributed by atoms with Gasteiger partial charge in [-0.05, 0) is 63.1 Å². The number of rotatable bonds is 18. The molecule has 0 aliphatic carbocycles. The molecular formula is C26H37ClN2O6. The van der Waals surface area contributed by atoms with Crippen molar-refractivity contribution in [2.24, 2.45) is 0 Å². The standard InChI is InChI=1S/C26H37ClN2O6/c1-20(30)7-2-3-15-34-16-4-5-17-35-18-6-14-28-26(33)25(32)23-12-13-24(31)29(23)19-21-8-10-22(27)11-9-21/h8-11,23H,2-7,12-19H2,1H3,(H,28,33). The number of likely N-dealkylation sites (tertiary alicyclic amines) is 1. The second kappa shape index (κ2) is 16.4. The van der Waals surface area contributed by atoms with E-state index in [0.29, 0.717) is 57.3 Å². The fourth-order valence-electron chi connectivity index (χ4n) is 3.80.